The minimum atomic E-state index is -0.652. The van der Waals surface area contributed by atoms with E-state index in [-0.39, 0.29) is 0 Å². The highest BCUT2D eigenvalue weighted by Crippen LogP contribution is 2.47. The fourth-order valence-electron chi connectivity index (χ4n) is 5.18. The first-order valence-corrected chi connectivity index (χ1v) is 14.9. The monoisotopic (exact) mass is 560 g/mol. The molecule has 0 aliphatic carbocycles. The lowest BCUT2D eigenvalue weighted by atomic mass is 9.54. The summed E-state index contributed by atoms with van der Waals surface area (Å²) >= 11 is 0. The predicted octanol–water partition coefficient (Wildman–Crippen LogP) is 5.73. The Morgan fingerprint density at radius 1 is 0.325 bits per heavy atom. The Kier molecular flexibility index (Phi) is 7.81. The Hall–Kier alpha value is -0.320. The molecule has 0 saturated carbocycles. The molecule has 224 valence electrons. The molecule has 0 atom stereocenters. The molecule has 0 bridgehead atoms. The van der Waals surface area contributed by atoms with Gasteiger partial charge in [-0.1, -0.05) is 0 Å². The van der Waals surface area contributed by atoms with Crippen LogP contribution in [0.1, 0.15) is 111 Å². The van der Waals surface area contributed by atoms with Crippen molar-refractivity contribution in [2.24, 2.45) is 0 Å². The van der Waals surface area contributed by atoms with E-state index < -0.39 is 73.3 Å². The summed E-state index contributed by atoms with van der Waals surface area (Å²) in [6.07, 6.45) is 0.838. The van der Waals surface area contributed by atoms with E-state index in [0.717, 1.165) is 10.9 Å². The summed E-state index contributed by atoms with van der Waals surface area (Å²) in [5.74, 6) is 0. The second-order valence-electron chi connectivity index (χ2n) is 16.0. The molecular weight excluding hydrogens is 508 g/mol. The van der Waals surface area contributed by atoms with Gasteiger partial charge in [0.25, 0.3) is 0 Å². The van der Waals surface area contributed by atoms with Gasteiger partial charge in [0.1, 0.15) is 0 Å². The summed E-state index contributed by atoms with van der Waals surface area (Å²) in [5, 5.41) is 0. The molecule has 40 heavy (non-hydrogen) atoms. The molecule has 0 unspecified atom stereocenters. The quantitative estimate of drug-likeness (QED) is 0.382. The molecule has 0 aromatic carbocycles. The average Bonchev–Trinajstić information content (AvgIpc) is 3.24. The van der Waals surface area contributed by atoms with Gasteiger partial charge in [0.05, 0.1) is 44.8 Å². The zero-order valence-corrected chi connectivity index (χ0v) is 28.0. The minimum absolute atomic E-state index is 0.419. The van der Waals surface area contributed by atoms with E-state index in [1.807, 2.05) is 0 Å². The normalized spacial score (nSPS) is 31.2. The van der Waals surface area contributed by atoms with Crippen LogP contribution in [0.2, 0.25) is 12.6 Å². The van der Waals surface area contributed by atoms with E-state index in [9.17, 15) is 0 Å². The van der Waals surface area contributed by atoms with Crippen LogP contribution in [0.15, 0.2) is 10.9 Å². The minimum Gasteiger partial charge on any atom is -0.403 e. The van der Waals surface area contributed by atoms with Gasteiger partial charge in [-0.05, 0) is 122 Å². The molecule has 0 aromatic rings. The molecule has 4 saturated heterocycles. The van der Waals surface area contributed by atoms with E-state index in [1.54, 1.807) is 0 Å². The highest BCUT2D eigenvalue weighted by atomic mass is 16.7. The maximum Gasteiger partial charge on any atom is 0.489 e. The van der Waals surface area contributed by atoms with Crippen molar-refractivity contribution in [3.63, 3.8) is 0 Å². The van der Waals surface area contributed by atoms with Crippen LogP contribution < -0.4 is 0 Å². The Labute approximate surface area is 244 Å². The van der Waals surface area contributed by atoms with Crippen molar-refractivity contribution in [1.82, 2.24) is 0 Å². The SMILES string of the molecule is CC1(C)OB(C/C(B2OC(C)(C)C(C)(C)O2)=C(/CB2OC(C)(C)C(C)(C)O2)B2OC(C)(C)C(C)(C)O2)OC1(C)C. The van der Waals surface area contributed by atoms with Crippen molar-refractivity contribution in [2.45, 2.75) is 168 Å². The first kappa shape index (κ1) is 32.6. The van der Waals surface area contributed by atoms with Gasteiger partial charge < -0.3 is 37.2 Å². The Balaban J connectivity index is 1.81. The van der Waals surface area contributed by atoms with E-state index >= 15 is 0 Å². The lowest BCUT2D eigenvalue weighted by molar-refractivity contribution is 0.00578. The maximum atomic E-state index is 6.65. The maximum absolute atomic E-state index is 6.65. The average molecular weight is 560 g/mol. The lowest BCUT2D eigenvalue weighted by Crippen LogP contribution is -2.41. The lowest BCUT2D eigenvalue weighted by Gasteiger charge is -2.32. The van der Waals surface area contributed by atoms with Gasteiger partial charge >= 0.3 is 28.5 Å². The molecular formula is C28H52B4O8. The summed E-state index contributed by atoms with van der Waals surface area (Å²) in [5.41, 5.74) is -2.30. The molecule has 4 aliphatic rings. The van der Waals surface area contributed by atoms with Crippen LogP contribution >= 0.6 is 0 Å². The number of hydrogen-bond donors (Lipinski definition) is 0. The summed E-state index contributed by atoms with van der Waals surface area (Å²) in [7, 11) is -2.31. The molecule has 4 rings (SSSR count). The van der Waals surface area contributed by atoms with Crippen molar-refractivity contribution in [2.75, 3.05) is 0 Å². The van der Waals surface area contributed by atoms with Gasteiger partial charge in [-0.25, -0.2) is 0 Å². The van der Waals surface area contributed by atoms with Crippen molar-refractivity contribution in [1.29, 1.82) is 0 Å². The smallest absolute Gasteiger partial charge is 0.403 e. The first-order chi connectivity index (χ1) is 17.7. The molecule has 0 N–H and O–H groups in total. The molecule has 0 aromatic heterocycles. The molecule has 12 heteroatoms. The largest absolute Gasteiger partial charge is 0.489 e. The second kappa shape index (κ2) is 9.59. The molecule has 0 radical (unpaired) electrons. The van der Waals surface area contributed by atoms with Gasteiger partial charge in [-0.15, -0.1) is 0 Å². The van der Waals surface area contributed by atoms with Crippen molar-refractivity contribution in [3.05, 3.63) is 10.9 Å². The third kappa shape index (κ3) is 5.54. The molecule has 4 heterocycles. The zero-order chi connectivity index (χ0) is 30.5. The molecule has 4 fully saturated rings. The van der Waals surface area contributed by atoms with Crippen LogP contribution in [0.3, 0.4) is 0 Å². The van der Waals surface area contributed by atoms with Gasteiger partial charge in [-0.2, -0.15) is 0 Å². The van der Waals surface area contributed by atoms with Crippen LogP contribution in [0.25, 0.3) is 0 Å². The number of rotatable bonds is 6. The molecule has 0 amide bonds. The van der Waals surface area contributed by atoms with Gasteiger partial charge in [0, 0.05) is 12.6 Å². The van der Waals surface area contributed by atoms with Gasteiger partial charge in [0.15, 0.2) is 0 Å². The van der Waals surface area contributed by atoms with Crippen molar-refractivity contribution >= 4 is 28.5 Å². The van der Waals surface area contributed by atoms with E-state index in [0.29, 0.717) is 12.6 Å². The molecule has 0 spiro atoms. The second-order valence-corrected chi connectivity index (χ2v) is 16.0. The van der Waals surface area contributed by atoms with E-state index in [1.165, 1.54) is 0 Å². The van der Waals surface area contributed by atoms with E-state index in [2.05, 4.69) is 111 Å². The first-order valence-electron chi connectivity index (χ1n) is 14.9. The van der Waals surface area contributed by atoms with Crippen LogP contribution in [0.4, 0.5) is 0 Å². The predicted molar refractivity (Wildman–Crippen MR) is 161 cm³/mol. The number of hydrogen-bond acceptors (Lipinski definition) is 8. The van der Waals surface area contributed by atoms with Crippen LogP contribution in [-0.2, 0) is 37.2 Å². The Bertz CT molecular complexity index is 889. The third-order valence-electron chi connectivity index (χ3n) is 10.9. The third-order valence-corrected chi connectivity index (χ3v) is 10.9. The van der Waals surface area contributed by atoms with Crippen LogP contribution in [-0.4, -0.2) is 73.3 Å². The Morgan fingerprint density at radius 2 is 0.500 bits per heavy atom. The standard InChI is InChI=1S/C28H52B4O8/c1-21(2)22(3,4)34-29(33-21)17-19(31-37-25(9,10)26(11,12)38-31)20(32-39-27(13,14)28(15,16)40-32)18-30-35-23(5,6)24(7,8)36-30/h17-18H2,1-16H3/b20-19+. The highest BCUT2D eigenvalue weighted by Gasteiger charge is 2.60. The van der Waals surface area contributed by atoms with Crippen LogP contribution in [0.5, 0.6) is 0 Å². The Morgan fingerprint density at radius 3 is 0.700 bits per heavy atom. The van der Waals surface area contributed by atoms with Crippen molar-refractivity contribution < 1.29 is 37.2 Å². The summed E-state index contributed by atoms with van der Waals surface area (Å²) in [4.78, 5) is 0. The topological polar surface area (TPSA) is 73.8 Å². The number of allylic oxidation sites excluding steroid dienone is 2. The summed E-state index contributed by atoms with van der Waals surface area (Å²) < 4.78 is 52.5. The van der Waals surface area contributed by atoms with Gasteiger partial charge in [-0.3, -0.25) is 0 Å². The fraction of sp³-hybridized carbons (Fsp3) is 0.929. The van der Waals surface area contributed by atoms with E-state index in [4.69, 9.17) is 37.2 Å². The fourth-order valence-corrected chi connectivity index (χ4v) is 5.18. The zero-order valence-electron chi connectivity index (χ0n) is 28.0. The summed E-state index contributed by atoms with van der Waals surface area (Å²) in [6, 6.07) is 0. The van der Waals surface area contributed by atoms with Crippen LogP contribution in [0, 0.1) is 0 Å². The molecule has 8 nitrogen and oxygen atoms in total. The molecule has 4 aliphatic heterocycles. The van der Waals surface area contributed by atoms with Crippen molar-refractivity contribution in [3.8, 4) is 0 Å². The highest BCUT2D eigenvalue weighted by molar-refractivity contribution is 6.67. The summed E-state index contributed by atoms with van der Waals surface area (Å²) in [6.45, 7) is 32.9. The van der Waals surface area contributed by atoms with Gasteiger partial charge in [0.2, 0.25) is 0 Å².